The molecule has 1 aliphatic rings. The van der Waals surface area contributed by atoms with Crippen molar-refractivity contribution in [2.24, 2.45) is 4.99 Å². The number of nitrogens with zero attached hydrogens (tertiary/aromatic N) is 5. The number of guanidine groups is 1. The zero-order chi connectivity index (χ0) is 19.2. The summed E-state index contributed by atoms with van der Waals surface area (Å²) in [5.74, 6) is 0.962. The van der Waals surface area contributed by atoms with Crippen LogP contribution >= 0.6 is 11.6 Å². The van der Waals surface area contributed by atoms with Crippen LogP contribution in [0.15, 0.2) is 41.7 Å². The zero-order valence-corrected chi connectivity index (χ0v) is 17.2. The minimum atomic E-state index is 0.617. The van der Waals surface area contributed by atoms with Crippen LogP contribution in [0.25, 0.3) is 5.69 Å². The third-order valence-electron chi connectivity index (χ3n) is 5.18. The maximum atomic E-state index is 5.95. The summed E-state index contributed by atoms with van der Waals surface area (Å²) in [6, 6.07) is 8.29. The average molecular weight is 389 g/mol. The van der Waals surface area contributed by atoms with Gasteiger partial charge in [0, 0.05) is 49.5 Å². The van der Waals surface area contributed by atoms with Crippen molar-refractivity contribution in [1.82, 2.24) is 24.9 Å². The van der Waals surface area contributed by atoms with Crippen molar-refractivity contribution < 1.29 is 0 Å². The third kappa shape index (κ3) is 4.82. The summed E-state index contributed by atoms with van der Waals surface area (Å²) in [7, 11) is 1.85. The molecule has 2 aromatic rings. The molecule has 1 unspecified atom stereocenters. The van der Waals surface area contributed by atoms with Crippen LogP contribution in [0.2, 0.25) is 5.02 Å². The Hall–Kier alpha value is -2.05. The lowest BCUT2D eigenvalue weighted by atomic mass is 10.2. The fourth-order valence-corrected chi connectivity index (χ4v) is 3.80. The van der Waals surface area contributed by atoms with Gasteiger partial charge in [0.2, 0.25) is 0 Å². The van der Waals surface area contributed by atoms with E-state index in [1.165, 1.54) is 6.42 Å². The van der Waals surface area contributed by atoms with Crippen LogP contribution in [0.1, 0.15) is 25.8 Å². The van der Waals surface area contributed by atoms with Gasteiger partial charge in [-0.25, -0.2) is 4.68 Å². The fourth-order valence-electron chi connectivity index (χ4n) is 3.67. The minimum Gasteiger partial charge on any atom is -0.352 e. The van der Waals surface area contributed by atoms with Gasteiger partial charge in [0.25, 0.3) is 0 Å². The van der Waals surface area contributed by atoms with Crippen LogP contribution in [0, 0.1) is 0 Å². The Morgan fingerprint density at radius 2 is 2.04 bits per heavy atom. The van der Waals surface area contributed by atoms with Gasteiger partial charge in [-0.1, -0.05) is 25.4 Å². The van der Waals surface area contributed by atoms with Crippen molar-refractivity contribution in [3.05, 3.63) is 47.2 Å². The number of hydrogen-bond donors (Lipinski definition) is 1. The standard InChI is InChI=1S/C20H29ClN6/c1-4-25(5-2)19-10-11-26(15-19)20(22-3)23-12-16-13-24-27(14-16)18-8-6-17(21)7-9-18/h6-9,13-14,19H,4-5,10-12,15H2,1-3H3,(H,22,23). The van der Waals surface area contributed by atoms with E-state index >= 15 is 0 Å². The summed E-state index contributed by atoms with van der Waals surface area (Å²) >= 11 is 5.95. The third-order valence-corrected chi connectivity index (χ3v) is 5.43. The number of aliphatic imine (C=N–C) groups is 1. The van der Waals surface area contributed by atoms with Crippen LogP contribution in [0.3, 0.4) is 0 Å². The summed E-state index contributed by atoms with van der Waals surface area (Å²) in [4.78, 5) is 9.36. The van der Waals surface area contributed by atoms with Gasteiger partial charge in [-0.05, 0) is 43.8 Å². The smallest absolute Gasteiger partial charge is 0.193 e. The fraction of sp³-hybridized carbons (Fsp3) is 0.500. The number of hydrogen-bond acceptors (Lipinski definition) is 3. The van der Waals surface area contributed by atoms with Gasteiger partial charge in [-0.3, -0.25) is 9.89 Å². The van der Waals surface area contributed by atoms with Crippen LogP contribution in [-0.4, -0.2) is 64.8 Å². The van der Waals surface area contributed by atoms with Gasteiger partial charge >= 0.3 is 0 Å². The SMILES string of the molecule is CCN(CC)C1CCN(C(=NC)NCc2cnn(-c3ccc(Cl)cc3)c2)C1. The van der Waals surface area contributed by atoms with Crippen LogP contribution in [0.5, 0.6) is 0 Å². The Morgan fingerprint density at radius 1 is 1.30 bits per heavy atom. The van der Waals surface area contributed by atoms with E-state index in [9.17, 15) is 0 Å². The highest BCUT2D eigenvalue weighted by molar-refractivity contribution is 6.30. The normalized spacial score (nSPS) is 17.7. The Labute approximate surface area is 166 Å². The predicted molar refractivity (Wildman–Crippen MR) is 112 cm³/mol. The van der Waals surface area contributed by atoms with Crippen LogP contribution in [0.4, 0.5) is 0 Å². The molecular formula is C20H29ClN6. The Balaban J connectivity index is 1.57. The first-order valence-electron chi connectivity index (χ1n) is 9.63. The number of aromatic nitrogens is 2. The first-order chi connectivity index (χ1) is 13.1. The van der Waals surface area contributed by atoms with E-state index in [2.05, 4.69) is 39.1 Å². The molecule has 1 N–H and O–H groups in total. The monoisotopic (exact) mass is 388 g/mol. The molecule has 1 aromatic heterocycles. The van der Waals surface area contributed by atoms with Crippen LogP contribution in [-0.2, 0) is 6.54 Å². The van der Waals surface area contributed by atoms with Gasteiger partial charge in [0.1, 0.15) is 0 Å². The highest BCUT2D eigenvalue weighted by Crippen LogP contribution is 2.16. The molecular weight excluding hydrogens is 360 g/mol. The van der Waals surface area contributed by atoms with E-state index in [4.69, 9.17) is 11.6 Å². The molecule has 146 valence electrons. The molecule has 1 aliphatic heterocycles. The van der Waals surface area contributed by atoms with E-state index in [0.717, 1.165) is 48.4 Å². The molecule has 1 atom stereocenters. The molecule has 0 bridgehead atoms. The zero-order valence-electron chi connectivity index (χ0n) is 16.4. The molecule has 0 spiro atoms. The van der Waals surface area contributed by atoms with Crippen LogP contribution < -0.4 is 5.32 Å². The number of nitrogens with one attached hydrogen (secondary N) is 1. The number of likely N-dealkylation sites (N-methyl/N-ethyl adjacent to an activating group) is 1. The summed E-state index contributed by atoms with van der Waals surface area (Å²) < 4.78 is 1.86. The van der Waals surface area contributed by atoms with Crippen molar-refractivity contribution >= 4 is 17.6 Å². The summed E-state index contributed by atoms with van der Waals surface area (Å²) in [6.45, 7) is 9.45. The maximum Gasteiger partial charge on any atom is 0.193 e. The molecule has 0 radical (unpaired) electrons. The lowest BCUT2D eigenvalue weighted by molar-refractivity contribution is 0.223. The molecule has 2 heterocycles. The average Bonchev–Trinajstić information content (AvgIpc) is 3.34. The number of rotatable bonds is 6. The van der Waals surface area contributed by atoms with E-state index in [-0.39, 0.29) is 0 Å². The lowest BCUT2D eigenvalue weighted by Gasteiger charge is -2.27. The van der Waals surface area contributed by atoms with Crippen molar-refractivity contribution in [3.63, 3.8) is 0 Å². The predicted octanol–water partition coefficient (Wildman–Crippen LogP) is 3.02. The van der Waals surface area contributed by atoms with Crippen molar-refractivity contribution in [2.75, 3.05) is 33.2 Å². The highest BCUT2D eigenvalue weighted by atomic mass is 35.5. The van der Waals surface area contributed by atoms with Gasteiger partial charge in [-0.15, -0.1) is 0 Å². The van der Waals surface area contributed by atoms with Gasteiger partial charge in [-0.2, -0.15) is 5.10 Å². The second-order valence-electron chi connectivity index (χ2n) is 6.78. The van der Waals surface area contributed by atoms with E-state index in [1.54, 1.807) is 0 Å². The minimum absolute atomic E-state index is 0.617. The van der Waals surface area contributed by atoms with Crippen molar-refractivity contribution in [1.29, 1.82) is 0 Å². The summed E-state index contributed by atoms with van der Waals surface area (Å²) in [6.07, 6.45) is 5.11. The molecule has 3 rings (SSSR count). The van der Waals surface area contributed by atoms with Crippen molar-refractivity contribution in [3.8, 4) is 5.69 Å². The quantitative estimate of drug-likeness (QED) is 0.610. The summed E-state index contributed by atoms with van der Waals surface area (Å²) in [5, 5.41) is 8.66. The van der Waals surface area contributed by atoms with E-state index in [0.29, 0.717) is 12.6 Å². The molecule has 1 aromatic carbocycles. The van der Waals surface area contributed by atoms with Gasteiger partial charge in [0.15, 0.2) is 5.96 Å². The number of halogens is 1. The summed E-state index contributed by atoms with van der Waals surface area (Å²) in [5.41, 5.74) is 2.11. The Kier molecular flexibility index (Phi) is 6.74. The molecule has 1 saturated heterocycles. The van der Waals surface area contributed by atoms with E-state index in [1.807, 2.05) is 48.4 Å². The molecule has 6 nitrogen and oxygen atoms in total. The topological polar surface area (TPSA) is 48.7 Å². The molecule has 0 saturated carbocycles. The molecule has 27 heavy (non-hydrogen) atoms. The second kappa shape index (κ2) is 9.24. The first kappa shape index (κ1) is 19.7. The number of likely N-dealkylation sites (tertiary alicyclic amines) is 1. The van der Waals surface area contributed by atoms with E-state index < -0.39 is 0 Å². The molecule has 0 aliphatic carbocycles. The molecule has 7 heteroatoms. The molecule has 0 amide bonds. The Bertz CT molecular complexity index is 750. The first-order valence-corrected chi connectivity index (χ1v) is 10.0. The highest BCUT2D eigenvalue weighted by Gasteiger charge is 2.27. The maximum absolute atomic E-state index is 5.95. The molecule has 1 fully saturated rings. The Morgan fingerprint density at radius 3 is 2.70 bits per heavy atom. The lowest BCUT2D eigenvalue weighted by Crippen LogP contribution is -2.43. The second-order valence-corrected chi connectivity index (χ2v) is 7.22. The van der Waals surface area contributed by atoms with Gasteiger partial charge in [0.05, 0.1) is 11.9 Å². The van der Waals surface area contributed by atoms with Gasteiger partial charge < -0.3 is 10.2 Å². The van der Waals surface area contributed by atoms with Crippen molar-refractivity contribution in [2.45, 2.75) is 32.9 Å². The number of benzene rings is 1. The largest absolute Gasteiger partial charge is 0.352 e.